The van der Waals surface area contributed by atoms with Gasteiger partial charge in [-0.3, -0.25) is 0 Å². The van der Waals surface area contributed by atoms with Gasteiger partial charge in [0.1, 0.15) is 5.82 Å². The number of hydrogen-bond donors (Lipinski definition) is 1. The van der Waals surface area contributed by atoms with Crippen molar-refractivity contribution in [1.82, 2.24) is 0 Å². The summed E-state index contributed by atoms with van der Waals surface area (Å²) < 4.78 is 17.5. The van der Waals surface area contributed by atoms with E-state index in [0.717, 1.165) is 6.07 Å². The summed E-state index contributed by atoms with van der Waals surface area (Å²) in [6.45, 7) is 0. The van der Waals surface area contributed by atoms with Crippen LogP contribution < -0.4 is 10.5 Å². The number of hydrogen-bond acceptors (Lipinski definition) is 2. The number of carbonyl (C=O) groups is 1. The Hall–Kier alpha value is -0.560. The van der Waals surface area contributed by atoms with Gasteiger partial charge in [-0.05, 0) is 34.7 Å². The molecule has 0 radical (unpaired) electrons. The van der Waals surface area contributed by atoms with Crippen LogP contribution in [-0.4, -0.2) is 6.09 Å². The van der Waals surface area contributed by atoms with E-state index in [9.17, 15) is 9.18 Å². The molecule has 13 heavy (non-hydrogen) atoms. The molecule has 0 unspecified atom stereocenters. The van der Waals surface area contributed by atoms with Gasteiger partial charge in [0.2, 0.25) is 0 Å². The van der Waals surface area contributed by atoms with Gasteiger partial charge in [0, 0.05) is 0 Å². The zero-order chi connectivity index (χ0) is 10.0. The van der Waals surface area contributed by atoms with E-state index in [1.54, 1.807) is 22.6 Å². The fraction of sp³-hybridized carbons (Fsp3) is 0. The number of rotatable bonds is 1. The van der Waals surface area contributed by atoms with Crippen LogP contribution in [0.4, 0.5) is 9.18 Å². The number of ether oxygens (including phenoxy) is 1. The first-order valence-electron chi connectivity index (χ1n) is 3.13. The first-order chi connectivity index (χ1) is 6.02. The number of amides is 1. The fourth-order valence-electron chi connectivity index (χ4n) is 0.695. The number of nitrogens with two attached hydrogens (primary N) is 1. The van der Waals surface area contributed by atoms with Crippen LogP contribution in [0, 0.1) is 9.39 Å². The van der Waals surface area contributed by atoms with Gasteiger partial charge in [-0.25, -0.2) is 9.18 Å². The molecule has 0 atom stereocenters. The average Bonchev–Trinajstić information content (AvgIpc) is 2.06. The van der Waals surface area contributed by atoms with Crippen molar-refractivity contribution in [3.63, 3.8) is 0 Å². The van der Waals surface area contributed by atoms with Crippen molar-refractivity contribution in [2.45, 2.75) is 0 Å². The van der Waals surface area contributed by atoms with Crippen LogP contribution in [0.1, 0.15) is 0 Å². The van der Waals surface area contributed by atoms with Gasteiger partial charge in [0.25, 0.3) is 0 Å². The molecule has 0 spiro atoms. The van der Waals surface area contributed by atoms with E-state index in [0.29, 0.717) is 0 Å². The topological polar surface area (TPSA) is 52.3 Å². The minimum atomic E-state index is -0.982. The van der Waals surface area contributed by atoms with Crippen molar-refractivity contribution in [2.75, 3.05) is 0 Å². The SMILES string of the molecule is NC(=O)Oc1ccc(F)c(I)c1Cl. The van der Waals surface area contributed by atoms with Crippen molar-refractivity contribution < 1.29 is 13.9 Å². The second-order valence-electron chi connectivity index (χ2n) is 2.09. The Balaban J connectivity index is 3.10. The molecule has 70 valence electrons. The molecule has 2 N–H and O–H groups in total. The number of primary amides is 1. The number of halogens is 3. The molecular weight excluding hydrogens is 311 g/mol. The Morgan fingerprint density at radius 2 is 2.23 bits per heavy atom. The largest absolute Gasteiger partial charge is 0.410 e. The summed E-state index contributed by atoms with van der Waals surface area (Å²) >= 11 is 7.36. The van der Waals surface area contributed by atoms with E-state index in [-0.39, 0.29) is 14.3 Å². The molecule has 0 aromatic heterocycles. The van der Waals surface area contributed by atoms with Crippen LogP contribution in [0.2, 0.25) is 5.02 Å². The number of carbonyl (C=O) groups excluding carboxylic acids is 1. The Morgan fingerprint density at radius 3 is 2.77 bits per heavy atom. The van der Waals surface area contributed by atoms with Crippen LogP contribution in [0.25, 0.3) is 0 Å². The molecule has 0 bridgehead atoms. The van der Waals surface area contributed by atoms with Gasteiger partial charge < -0.3 is 10.5 Å². The summed E-state index contributed by atoms with van der Waals surface area (Å²) in [6, 6.07) is 2.39. The Morgan fingerprint density at radius 1 is 1.62 bits per heavy atom. The highest BCUT2D eigenvalue weighted by Crippen LogP contribution is 2.31. The minimum absolute atomic E-state index is 0.0411. The van der Waals surface area contributed by atoms with E-state index in [1.165, 1.54) is 6.07 Å². The zero-order valence-electron chi connectivity index (χ0n) is 6.18. The van der Waals surface area contributed by atoms with E-state index < -0.39 is 11.9 Å². The van der Waals surface area contributed by atoms with E-state index >= 15 is 0 Å². The van der Waals surface area contributed by atoms with Gasteiger partial charge >= 0.3 is 6.09 Å². The van der Waals surface area contributed by atoms with Gasteiger partial charge in [-0.15, -0.1) is 0 Å². The summed E-state index contributed by atoms with van der Waals surface area (Å²) in [4.78, 5) is 10.4. The predicted molar refractivity (Wildman–Crippen MR) is 54.3 cm³/mol. The van der Waals surface area contributed by atoms with Crippen molar-refractivity contribution in [3.8, 4) is 5.75 Å². The van der Waals surface area contributed by atoms with Crippen LogP contribution in [0.15, 0.2) is 12.1 Å². The van der Waals surface area contributed by atoms with E-state index in [1.807, 2.05) is 0 Å². The van der Waals surface area contributed by atoms with E-state index in [4.69, 9.17) is 17.3 Å². The first-order valence-corrected chi connectivity index (χ1v) is 4.59. The summed E-state index contributed by atoms with van der Waals surface area (Å²) in [5.74, 6) is -0.414. The minimum Gasteiger partial charge on any atom is -0.409 e. The smallest absolute Gasteiger partial charge is 0.409 e. The Kier molecular flexibility index (Phi) is 3.32. The van der Waals surface area contributed by atoms with Gasteiger partial charge in [-0.2, -0.15) is 0 Å². The molecule has 6 heteroatoms. The lowest BCUT2D eigenvalue weighted by Crippen LogP contribution is -2.16. The highest BCUT2D eigenvalue weighted by molar-refractivity contribution is 14.1. The average molecular weight is 315 g/mol. The third-order valence-corrected chi connectivity index (χ3v) is 2.96. The van der Waals surface area contributed by atoms with Crippen LogP contribution >= 0.6 is 34.2 Å². The maximum Gasteiger partial charge on any atom is 0.410 e. The molecule has 0 aliphatic rings. The zero-order valence-corrected chi connectivity index (χ0v) is 9.10. The van der Waals surface area contributed by atoms with Crippen molar-refractivity contribution in [3.05, 3.63) is 26.5 Å². The van der Waals surface area contributed by atoms with E-state index in [2.05, 4.69) is 4.74 Å². The summed E-state index contributed by atoms with van der Waals surface area (Å²) in [7, 11) is 0. The summed E-state index contributed by atoms with van der Waals surface area (Å²) in [5, 5.41) is 0.0411. The summed E-state index contributed by atoms with van der Waals surface area (Å²) in [6.07, 6.45) is -0.982. The number of benzene rings is 1. The molecule has 0 fully saturated rings. The van der Waals surface area contributed by atoms with Crippen LogP contribution in [0.5, 0.6) is 5.75 Å². The lowest BCUT2D eigenvalue weighted by molar-refractivity contribution is 0.211. The Labute approximate surface area is 92.1 Å². The molecule has 0 aliphatic heterocycles. The lowest BCUT2D eigenvalue weighted by atomic mass is 10.3. The van der Waals surface area contributed by atoms with Crippen LogP contribution in [0.3, 0.4) is 0 Å². The molecule has 0 saturated carbocycles. The third-order valence-electron chi connectivity index (χ3n) is 1.21. The van der Waals surface area contributed by atoms with Crippen molar-refractivity contribution in [1.29, 1.82) is 0 Å². The van der Waals surface area contributed by atoms with Gasteiger partial charge in [0.15, 0.2) is 5.75 Å². The lowest BCUT2D eigenvalue weighted by Gasteiger charge is -2.04. The normalized spacial score (nSPS) is 9.77. The third kappa shape index (κ3) is 2.44. The maximum atomic E-state index is 12.8. The van der Waals surface area contributed by atoms with Crippen LogP contribution in [-0.2, 0) is 0 Å². The second kappa shape index (κ2) is 4.10. The quantitative estimate of drug-likeness (QED) is 0.639. The molecule has 0 aliphatic carbocycles. The highest BCUT2D eigenvalue weighted by atomic mass is 127. The molecule has 0 saturated heterocycles. The van der Waals surface area contributed by atoms with Gasteiger partial charge in [-0.1, -0.05) is 11.6 Å². The molecule has 1 aromatic carbocycles. The van der Waals surface area contributed by atoms with Gasteiger partial charge in [0.05, 0.1) is 8.59 Å². The first kappa shape index (κ1) is 10.5. The highest BCUT2D eigenvalue weighted by Gasteiger charge is 2.11. The monoisotopic (exact) mass is 315 g/mol. The molecule has 3 nitrogen and oxygen atoms in total. The predicted octanol–water partition coefficient (Wildman–Crippen LogP) is 2.54. The molecule has 0 heterocycles. The molecular formula is C7H4ClFINO2. The molecule has 1 aromatic rings. The molecule has 1 amide bonds. The standard InChI is InChI=1S/C7H4ClFINO2/c8-5-4(13-7(11)12)2-1-3(9)6(5)10/h1-2H,(H2,11,12). The van der Waals surface area contributed by atoms with Crippen molar-refractivity contribution >= 4 is 40.3 Å². The fourth-order valence-corrected chi connectivity index (χ4v) is 1.33. The molecule has 1 rings (SSSR count). The maximum absolute atomic E-state index is 12.8. The van der Waals surface area contributed by atoms with Crippen molar-refractivity contribution in [2.24, 2.45) is 5.73 Å². The summed E-state index contributed by atoms with van der Waals surface area (Å²) in [5.41, 5.74) is 4.77. The Bertz CT molecular complexity index is 359. The second-order valence-corrected chi connectivity index (χ2v) is 3.55.